The topological polar surface area (TPSA) is 66.4 Å². The lowest BCUT2D eigenvalue weighted by Gasteiger charge is -2.24. The van der Waals surface area contributed by atoms with Gasteiger partial charge in [-0.1, -0.05) is 18.8 Å². The number of nitrogens with one attached hydrogen (secondary N) is 1. The maximum atomic E-state index is 13.7. The Morgan fingerprint density at radius 3 is 2.55 bits per heavy atom. The minimum Gasteiger partial charge on any atom is -0.384 e. The van der Waals surface area contributed by atoms with E-state index in [1.165, 1.54) is 12.1 Å². The highest BCUT2D eigenvalue weighted by Crippen LogP contribution is 2.18. The summed E-state index contributed by atoms with van der Waals surface area (Å²) in [5.74, 6) is 3.99. The molecule has 4 nitrogen and oxygen atoms in total. The van der Waals surface area contributed by atoms with Crippen molar-refractivity contribution in [1.29, 1.82) is 0 Å². The zero-order chi connectivity index (χ0) is 15.4. The molecule has 0 saturated carbocycles. The van der Waals surface area contributed by atoms with Crippen LogP contribution in [0.25, 0.3) is 0 Å². The van der Waals surface area contributed by atoms with Gasteiger partial charge >= 0.3 is 0 Å². The van der Waals surface area contributed by atoms with E-state index < -0.39 is 21.4 Å². The molecule has 0 aliphatic rings. The average Bonchev–Trinajstić information content (AvgIpc) is 2.36. The van der Waals surface area contributed by atoms with E-state index in [2.05, 4.69) is 16.6 Å². The number of hydrogen-bond donors (Lipinski definition) is 2. The van der Waals surface area contributed by atoms with Gasteiger partial charge < -0.3 is 5.11 Å². The first kappa shape index (κ1) is 16.6. The van der Waals surface area contributed by atoms with Crippen molar-refractivity contribution in [1.82, 2.24) is 4.72 Å². The normalized spacial score (nSPS) is 11.8. The lowest BCUT2D eigenvalue weighted by molar-refractivity contribution is 0.350. The van der Waals surface area contributed by atoms with Crippen molar-refractivity contribution in [3.63, 3.8) is 0 Å². The van der Waals surface area contributed by atoms with Gasteiger partial charge in [0.15, 0.2) is 0 Å². The van der Waals surface area contributed by atoms with Crippen molar-refractivity contribution >= 4 is 10.0 Å². The summed E-state index contributed by atoms with van der Waals surface area (Å²) >= 11 is 0. The molecule has 0 atom stereocenters. The van der Waals surface area contributed by atoms with Crippen LogP contribution in [0.1, 0.15) is 32.8 Å². The minimum absolute atomic E-state index is 0.0488. The molecule has 0 spiro atoms. The Labute approximate surface area is 119 Å². The maximum Gasteiger partial charge on any atom is 0.241 e. The molecule has 0 unspecified atom stereocenters. The van der Waals surface area contributed by atoms with Gasteiger partial charge in [-0.05, 0) is 38.5 Å². The number of hydrogen-bond acceptors (Lipinski definition) is 3. The van der Waals surface area contributed by atoms with Crippen molar-refractivity contribution in [3.05, 3.63) is 29.6 Å². The van der Waals surface area contributed by atoms with Gasteiger partial charge in [0.1, 0.15) is 12.4 Å². The maximum absolute atomic E-state index is 13.7. The van der Waals surface area contributed by atoms with Crippen molar-refractivity contribution in [2.24, 2.45) is 0 Å². The van der Waals surface area contributed by atoms with Crippen molar-refractivity contribution in [2.75, 3.05) is 6.61 Å². The van der Waals surface area contributed by atoms with Crippen LogP contribution in [0.4, 0.5) is 4.39 Å². The Bertz CT molecular complexity index is 642. The zero-order valence-corrected chi connectivity index (χ0v) is 12.5. The van der Waals surface area contributed by atoms with Crippen molar-refractivity contribution in [2.45, 2.75) is 37.6 Å². The molecule has 110 valence electrons. The van der Waals surface area contributed by atoms with Gasteiger partial charge in [-0.25, -0.2) is 17.5 Å². The lowest BCUT2D eigenvalue weighted by Crippen LogP contribution is -2.42. The third-order valence-corrected chi connectivity index (χ3v) is 4.54. The second-order valence-corrected chi connectivity index (χ2v) is 6.63. The van der Waals surface area contributed by atoms with Gasteiger partial charge in [-0.2, -0.15) is 0 Å². The molecule has 1 rings (SSSR count). The Kier molecular flexibility index (Phi) is 5.28. The quantitative estimate of drug-likeness (QED) is 0.831. The predicted molar refractivity (Wildman–Crippen MR) is 75.1 cm³/mol. The molecule has 1 aromatic rings. The third kappa shape index (κ3) is 4.30. The second kappa shape index (κ2) is 6.35. The summed E-state index contributed by atoms with van der Waals surface area (Å²) in [5, 5.41) is 8.56. The molecule has 0 heterocycles. The first-order valence-electron chi connectivity index (χ1n) is 6.15. The first-order valence-corrected chi connectivity index (χ1v) is 7.63. The fraction of sp³-hybridized carbons (Fsp3) is 0.429. The highest BCUT2D eigenvalue weighted by Gasteiger charge is 2.25. The lowest BCUT2D eigenvalue weighted by atomic mass is 10.0. The summed E-state index contributed by atoms with van der Waals surface area (Å²) < 4.78 is 40.5. The van der Waals surface area contributed by atoms with Gasteiger partial charge in [-0.15, -0.1) is 0 Å². The number of benzene rings is 1. The van der Waals surface area contributed by atoms with Crippen LogP contribution < -0.4 is 4.72 Å². The van der Waals surface area contributed by atoms with Crippen LogP contribution in [-0.4, -0.2) is 25.7 Å². The van der Waals surface area contributed by atoms with E-state index in [4.69, 9.17) is 5.11 Å². The molecule has 20 heavy (non-hydrogen) atoms. The SMILES string of the molecule is CCC(C)(C)NS(=O)(=O)c1ccc(C#CCO)c(F)c1. The van der Waals surface area contributed by atoms with Gasteiger partial charge in [0.05, 0.1) is 10.5 Å². The van der Waals surface area contributed by atoms with Gasteiger partial charge in [0.25, 0.3) is 0 Å². The number of rotatable bonds is 4. The van der Waals surface area contributed by atoms with Crippen LogP contribution in [0.3, 0.4) is 0 Å². The van der Waals surface area contributed by atoms with Crippen molar-refractivity contribution in [3.8, 4) is 11.8 Å². The molecule has 0 aliphatic heterocycles. The monoisotopic (exact) mass is 299 g/mol. The zero-order valence-electron chi connectivity index (χ0n) is 11.7. The smallest absolute Gasteiger partial charge is 0.241 e. The van der Waals surface area contributed by atoms with Crippen LogP contribution in [0.2, 0.25) is 0 Å². The Morgan fingerprint density at radius 2 is 2.05 bits per heavy atom. The molecule has 0 saturated heterocycles. The number of halogens is 1. The molecule has 1 aromatic carbocycles. The fourth-order valence-electron chi connectivity index (χ4n) is 1.39. The molecule has 0 fully saturated rings. The molecular weight excluding hydrogens is 281 g/mol. The van der Waals surface area contributed by atoms with E-state index in [9.17, 15) is 12.8 Å². The molecule has 0 aliphatic carbocycles. The standard InChI is InChI=1S/C14H18FNO3S/c1-4-14(2,3)16-20(18,19)12-8-7-11(6-5-9-17)13(15)10-12/h7-8,10,16-17H,4,9H2,1-3H3. The number of aliphatic hydroxyl groups excluding tert-OH is 1. The number of sulfonamides is 1. The summed E-state index contributed by atoms with van der Waals surface area (Å²) in [4.78, 5) is -0.147. The largest absolute Gasteiger partial charge is 0.384 e. The molecule has 0 bridgehead atoms. The summed E-state index contributed by atoms with van der Waals surface area (Å²) in [7, 11) is -3.78. The Hall–Kier alpha value is -1.42. The predicted octanol–water partition coefficient (Wildman–Crippen LogP) is 1.64. The summed E-state index contributed by atoms with van der Waals surface area (Å²) in [6, 6.07) is 3.50. The van der Waals surface area contributed by atoms with E-state index in [0.29, 0.717) is 6.42 Å². The molecule has 0 amide bonds. The highest BCUT2D eigenvalue weighted by atomic mass is 32.2. The van der Waals surface area contributed by atoms with Crippen molar-refractivity contribution < 1.29 is 17.9 Å². The van der Waals surface area contributed by atoms with Gasteiger partial charge in [0, 0.05) is 5.54 Å². The minimum atomic E-state index is -3.78. The van der Waals surface area contributed by atoms with Crippen LogP contribution in [0.5, 0.6) is 0 Å². The van der Waals surface area contributed by atoms with E-state index in [1.807, 2.05) is 6.92 Å². The molecule has 2 N–H and O–H groups in total. The fourth-order valence-corrected chi connectivity index (χ4v) is 2.89. The van der Waals surface area contributed by atoms with E-state index >= 15 is 0 Å². The van der Waals surface area contributed by atoms with Crippen LogP contribution in [0.15, 0.2) is 23.1 Å². The molecule has 0 radical (unpaired) electrons. The summed E-state index contributed by atoms with van der Waals surface area (Å²) in [6.45, 7) is 4.98. The van der Waals surface area contributed by atoms with E-state index in [-0.39, 0.29) is 17.1 Å². The molecular formula is C14H18FNO3S. The number of aliphatic hydroxyl groups is 1. The average molecular weight is 299 g/mol. The summed E-state index contributed by atoms with van der Waals surface area (Å²) in [5.41, 5.74) is -0.558. The van der Waals surface area contributed by atoms with Gasteiger partial charge in [-0.3, -0.25) is 0 Å². The first-order chi connectivity index (χ1) is 9.22. The molecule has 6 heteroatoms. The second-order valence-electron chi connectivity index (χ2n) is 4.94. The van der Waals surface area contributed by atoms with E-state index in [1.54, 1.807) is 13.8 Å². The van der Waals surface area contributed by atoms with Crippen LogP contribution in [-0.2, 0) is 10.0 Å². The highest BCUT2D eigenvalue weighted by molar-refractivity contribution is 7.89. The van der Waals surface area contributed by atoms with Crippen LogP contribution >= 0.6 is 0 Å². The Balaban J connectivity index is 3.12. The summed E-state index contributed by atoms with van der Waals surface area (Å²) in [6.07, 6.45) is 0.606. The van der Waals surface area contributed by atoms with E-state index in [0.717, 1.165) is 6.07 Å². The Morgan fingerprint density at radius 1 is 1.40 bits per heavy atom. The molecule has 0 aromatic heterocycles. The van der Waals surface area contributed by atoms with Crippen LogP contribution in [0, 0.1) is 17.7 Å². The third-order valence-electron chi connectivity index (χ3n) is 2.85. The van der Waals surface area contributed by atoms with Gasteiger partial charge in [0.2, 0.25) is 10.0 Å².